The van der Waals surface area contributed by atoms with E-state index in [9.17, 15) is 9.59 Å². The Morgan fingerprint density at radius 3 is 2.62 bits per heavy atom. The monoisotopic (exact) mass is 230 g/mol. The minimum absolute atomic E-state index is 0.248. The summed E-state index contributed by atoms with van der Waals surface area (Å²) < 4.78 is 5.17. The fourth-order valence-corrected chi connectivity index (χ4v) is 1.76. The van der Waals surface area contributed by atoms with Gasteiger partial charge in [0.25, 0.3) is 0 Å². The van der Waals surface area contributed by atoms with Gasteiger partial charge in [0.05, 0.1) is 18.6 Å². The first-order valence-corrected chi connectivity index (χ1v) is 5.26. The summed E-state index contributed by atoms with van der Waals surface area (Å²) in [4.78, 5) is 24.1. The van der Waals surface area contributed by atoms with Crippen molar-refractivity contribution in [1.29, 1.82) is 0 Å². The van der Waals surface area contributed by atoms with Gasteiger partial charge in [-0.1, -0.05) is 0 Å². The first-order valence-electron chi connectivity index (χ1n) is 5.26. The standard InChI is InChI=1S/C10H18N2O4/c1-3-12(4-8(13)14)9(15)10(2)6-16-5-7(10)11/h7H,3-6,11H2,1-2H3,(H,13,14). The number of carbonyl (C=O) groups is 2. The minimum Gasteiger partial charge on any atom is -0.480 e. The number of amides is 1. The molecule has 1 amide bonds. The molecule has 0 bridgehead atoms. The van der Waals surface area contributed by atoms with E-state index in [2.05, 4.69) is 0 Å². The molecule has 0 aliphatic carbocycles. The molecule has 0 spiro atoms. The highest BCUT2D eigenvalue weighted by molar-refractivity contribution is 5.86. The molecular weight excluding hydrogens is 212 g/mol. The smallest absolute Gasteiger partial charge is 0.323 e. The van der Waals surface area contributed by atoms with E-state index >= 15 is 0 Å². The molecule has 0 aromatic carbocycles. The molecule has 92 valence electrons. The van der Waals surface area contributed by atoms with Gasteiger partial charge in [0.2, 0.25) is 5.91 Å². The third-order valence-corrected chi connectivity index (χ3v) is 3.00. The van der Waals surface area contributed by atoms with Crippen molar-refractivity contribution in [1.82, 2.24) is 4.90 Å². The molecule has 2 atom stereocenters. The van der Waals surface area contributed by atoms with E-state index in [1.165, 1.54) is 4.90 Å². The number of ether oxygens (including phenoxy) is 1. The SMILES string of the molecule is CCN(CC(=O)O)C(=O)C1(C)COCC1N. The molecule has 6 nitrogen and oxygen atoms in total. The normalized spacial score (nSPS) is 29.1. The molecule has 16 heavy (non-hydrogen) atoms. The van der Waals surface area contributed by atoms with Crippen LogP contribution in [0.1, 0.15) is 13.8 Å². The lowest BCUT2D eigenvalue weighted by Gasteiger charge is -2.31. The van der Waals surface area contributed by atoms with Crippen molar-refractivity contribution < 1.29 is 19.4 Å². The topological polar surface area (TPSA) is 92.9 Å². The maximum absolute atomic E-state index is 12.1. The molecule has 2 unspecified atom stereocenters. The van der Waals surface area contributed by atoms with E-state index in [0.717, 1.165) is 0 Å². The molecule has 3 N–H and O–H groups in total. The molecule has 0 aromatic rings. The van der Waals surface area contributed by atoms with Gasteiger partial charge < -0.3 is 20.5 Å². The Balaban J connectivity index is 2.78. The summed E-state index contributed by atoms with van der Waals surface area (Å²) in [6.07, 6.45) is 0. The lowest BCUT2D eigenvalue weighted by molar-refractivity contribution is -0.149. The summed E-state index contributed by atoms with van der Waals surface area (Å²) in [5.41, 5.74) is 5.02. The van der Waals surface area contributed by atoms with Crippen LogP contribution < -0.4 is 5.73 Å². The first kappa shape index (κ1) is 12.9. The van der Waals surface area contributed by atoms with Gasteiger partial charge in [0, 0.05) is 12.6 Å². The van der Waals surface area contributed by atoms with Crippen LogP contribution in [0.5, 0.6) is 0 Å². The van der Waals surface area contributed by atoms with Crippen molar-refractivity contribution in [2.75, 3.05) is 26.3 Å². The highest BCUT2D eigenvalue weighted by atomic mass is 16.5. The quantitative estimate of drug-likeness (QED) is 0.665. The van der Waals surface area contributed by atoms with Crippen molar-refractivity contribution in [3.05, 3.63) is 0 Å². The Hall–Kier alpha value is -1.14. The van der Waals surface area contributed by atoms with Gasteiger partial charge >= 0.3 is 5.97 Å². The van der Waals surface area contributed by atoms with Crippen LogP contribution in [0.25, 0.3) is 0 Å². The van der Waals surface area contributed by atoms with Crippen LogP contribution in [-0.2, 0) is 14.3 Å². The lowest BCUT2D eigenvalue weighted by Crippen LogP contribution is -2.52. The number of carboxylic acid groups (broad SMARTS) is 1. The van der Waals surface area contributed by atoms with Crippen LogP contribution in [0.2, 0.25) is 0 Å². The largest absolute Gasteiger partial charge is 0.480 e. The average molecular weight is 230 g/mol. The van der Waals surface area contributed by atoms with Crippen LogP contribution in [0.3, 0.4) is 0 Å². The minimum atomic E-state index is -1.02. The molecule has 0 saturated carbocycles. The van der Waals surface area contributed by atoms with Gasteiger partial charge in [-0.25, -0.2) is 0 Å². The Labute approximate surface area is 94.3 Å². The van der Waals surface area contributed by atoms with E-state index in [1.807, 2.05) is 0 Å². The van der Waals surface area contributed by atoms with Crippen LogP contribution in [-0.4, -0.2) is 54.2 Å². The van der Waals surface area contributed by atoms with Crippen molar-refractivity contribution in [2.45, 2.75) is 19.9 Å². The van der Waals surface area contributed by atoms with Gasteiger partial charge in [-0.2, -0.15) is 0 Å². The average Bonchev–Trinajstić information content (AvgIpc) is 2.56. The highest BCUT2D eigenvalue weighted by Gasteiger charge is 2.46. The number of nitrogens with two attached hydrogens (primary N) is 1. The van der Waals surface area contributed by atoms with E-state index in [4.69, 9.17) is 15.6 Å². The Morgan fingerprint density at radius 1 is 1.62 bits per heavy atom. The lowest BCUT2D eigenvalue weighted by atomic mass is 9.84. The molecule has 0 aromatic heterocycles. The highest BCUT2D eigenvalue weighted by Crippen LogP contribution is 2.29. The summed E-state index contributed by atoms with van der Waals surface area (Å²) >= 11 is 0. The molecule has 1 heterocycles. The van der Waals surface area contributed by atoms with Gasteiger partial charge in [-0.3, -0.25) is 9.59 Å². The van der Waals surface area contributed by atoms with E-state index in [1.54, 1.807) is 13.8 Å². The summed E-state index contributed by atoms with van der Waals surface area (Å²) in [6, 6.07) is -0.372. The van der Waals surface area contributed by atoms with Crippen LogP contribution >= 0.6 is 0 Å². The third kappa shape index (κ3) is 2.33. The van der Waals surface area contributed by atoms with E-state index < -0.39 is 11.4 Å². The number of likely N-dealkylation sites (N-methyl/N-ethyl adjacent to an activating group) is 1. The van der Waals surface area contributed by atoms with Crippen molar-refractivity contribution in [3.63, 3.8) is 0 Å². The zero-order valence-electron chi connectivity index (χ0n) is 9.60. The van der Waals surface area contributed by atoms with E-state index in [0.29, 0.717) is 13.2 Å². The zero-order valence-corrected chi connectivity index (χ0v) is 9.60. The molecule has 1 rings (SSSR count). The second-order valence-corrected chi connectivity index (χ2v) is 4.25. The maximum Gasteiger partial charge on any atom is 0.323 e. The number of hydrogen-bond acceptors (Lipinski definition) is 4. The first-order chi connectivity index (χ1) is 7.41. The molecule has 1 saturated heterocycles. The predicted octanol–water partition coefficient (Wildman–Crippen LogP) is -0.717. The number of rotatable bonds is 4. The Bertz CT molecular complexity index is 295. The zero-order chi connectivity index (χ0) is 12.3. The third-order valence-electron chi connectivity index (χ3n) is 3.00. The number of hydrogen-bond donors (Lipinski definition) is 2. The Kier molecular flexibility index (Phi) is 3.88. The molecule has 1 aliphatic rings. The number of aliphatic carboxylic acids is 1. The van der Waals surface area contributed by atoms with Crippen LogP contribution in [0, 0.1) is 5.41 Å². The van der Waals surface area contributed by atoms with Gasteiger partial charge in [-0.15, -0.1) is 0 Å². The summed E-state index contributed by atoms with van der Waals surface area (Å²) in [7, 11) is 0. The summed E-state index contributed by atoms with van der Waals surface area (Å²) in [6.45, 7) is 4.12. The predicted molar refractivity (Wildman–Crippen MR) is 56.8 cm³/mol. The fraction of sp³-hybridized carbons (Fsp3) is 0.800. The molecule has 1 aliphatic heterocycles. The molecule has 0 radical (unpaired) electrons. The van der Waals surface area contributed by atoms with E-state index in [-0.39, 0.29) is 25.1 Å². The van der Waals surface area contributed by atoms with Crippen LogP contribution in [0.15, 0.2) is 0 Å². The second kappa shape index (κ2) is 4.80. The summed E-state index contributed by atoms with van der Waals surface area (Å²) in [5.74, 6) is -1.27. The molecular formula is C10H18N2O4. The van der Waals surface area contributed by atoms with Gasteiger partial charge in [-0.05, 0) is 13.8 Å². The van der Waals surface area contributed by atoms with Crippen molar-refractivity contribution >= 4 is 11.9 Å². The number of nitrogens with zero attached hydrogens (tertiary/aromatic N) is 1. The van der Waals surface area contributed by atoms with Gasteiger partial charge in [0.15, 0.2) is 0 Å². The molecule has 1 fully saturated rings. The summed E-state index contributed by atoms with van der Waals surface area (Å²) in [5, 5.41) is 8.70. The maximum atomic E-state index is 12.1. The van der Waals surface area contributed by atoms with Gasteiger partial charge in [0.1, 0.15) is 6.54 Å². The van der Waals surface area contributed by atoms with Crippen LogP contribution in [0.4, 0.5) is 0 Å². The fourth-order valence-electron chi connectivity index (χ4n) is 1.76. The van der Waals surface area contributed by atoms with Crippen molar-refractivity contribution in [2.24, 2.45) is 11.1 Å². The molecule has 6 heteroatoms. The van der Waals surface area contributed by atoms with Crippen molar-refractivity contribution in [3.8, 4) is 0 Å². The number of carboxylic acids is 1. The number of carbonyl (C=O) groups excluding carboxylic acids is 1. The Morgan fingerprint density at radius 2 is 2.25 bits per heavy atom. The second-order valence-electron chi connectivity index (χ2n) is 4.25.